The van der Waals surface area contributed by atoms with E-state index in [1.807, 2.05) is 24.3 Å². The van der Waals surface area contributed by atoms with E-state index in [2.05, 4.69) is 31.7 Å². The largest absolute Gasteiger partial charge is 0.461 e. The van der Waals surface area contributed by atoms with E-state index in [0.29, 0.717) is 59.8 Å². The van der Waals surface area contributed by atoms with Crippen molar-refractivity contribution in [2.75, 3.05) is 44.6 Å². The van der Waals surface area contributed by atoms with E-state index in [-0.39, 0.29) is 35.7 Å². The fourth-order valence-corrected chi connectivity index (χ4v) is 7.42. The minimum absolute atomic E-state index is 0.0189. The lowest BCUT2D eigenvalue weighted by molar-refractivity contribution is -0.125. The van der Waals surface area contributed by atoms with Gasteiger partial charge < -0.3 is 15.0 Å². The van der Waals surface area contributed by atoms with Crippen LogP contribution in [-0.4, -0.2) is 81.7 Å². The molecule has 3 fully saturated rings. The number of carbonyl (C=O) groups is 1. The fraction of sp³-hybridized carbons (Fsp3) is 0.394. The zero-order valence-electron chi connectivity index (χ0n) is 24.2. The van der Waals surface area contributed by atoms with Gasteiger partial charge in [0.25, 0.3) is 0 Å². The zero-order chi connectivity index (χ0) is 30.4. The number of amides is 1. The lowest BCUT2D eigenvalue weighted by Crippen LogP contribution is -2.43. The van der Waals surface area contributed by atoms with Crippen LogP contribution in [0.2, 0.25) is 5.02 Å². The van der Waals surface area contributed by atoms with Crippen molar-refractivity contribution in [2.24, 2.45) is 5.92 Å². The number of pyridine rings is 1. The molecule has 2 aromatic carbocycles. The van der Waals surface area contributed by atoms with Gasteiger partial charge in [-0.1, -0.05) is 48.5 Å². The Morgan fingerprint density at radius 1 is 1.20 bits per heavy atom. The molecule has 7 rings (SSSR count). The van der Waals surface area contributed by atoms with E-state index in [1.165, 1.54) is 6.08 Å². The minimum Gasteiger partial charge on any atom is -0.461 e. The number of ether oxygens (including phenoxy) is 1. The van der Waals surface area contributed by atoms with Crippen molar-refractivity contribution in [3.05, 3.63) is 66.1 Å². The second-order valence-electron chi connectivity index (χ2n) is 12.1. The molecule has 11 heteroatoms. The lowest BCUT2D eigenvalue weighted by atomic mass is 9.95. The fourth-order valence-electron chi connectivity index (χ4n) is 7.13. The molecular formula is C33H33ClF2N6O2. The Morgan fingerprint density at radius 2 is 2.05 bits per heavy atom. The highest BCUT2D eigenvalue weighted by Crippen LogP contribution is 2.41. The van der Waals surface area contributed by atoms with Crippen LogP contribution < -0.4 is 10.1 Å². The van der Waals surface area contributed by atoms with E-state index in [4.69, 9.17) is 16.3 Å². The molecular weight excluding hydrogens is 586 g/mol. The first kappa shape index (κ1) is 28.9. The Hall–Kier alpha value is -3.89. The average molecular weight is 619 g/mol. The molecule has 4 aromatic rings. The third-order valence-corrected chi connectivity index (χ3v) is 9.65. The Balaban J connectivity index is 1.25. The van der Waals surface area contributed by atoms with E-state index < -0.39 is 17.5 Å². The first-order chi connectivity index (χ1) is 21.3. The normalized spacial score (nSPS) is 23.4. The summed E-state index contributed by atoms with van der Waals surface area (Å²) in [6.07, 6.45) is 5.03. The summed E-state index contributed by atoms with van der Waals surface area (Å²) < 4.78 is 37.1. The van der Waals surface area contributed by atoms with Crippen LogP contribution >= 0.6 is 11.6 Å². The SMILES string of the molecule is C=CC(=O)N1CCC(CNc2nc(OC[C@@]34CCCN3C[C@H](F)C4)nc3c(F)c(-c4cccc5cccc(Cl)c45)ncc23)C1. The maximum absolute atomic E-state index is 16.5. The van der Waals surface area contributed by atoms with E-state index in [1.54, 1.807) is 23.2 Å². The second kappa shape index (κ2) is 11.6. The minimum atomic E-state index is -0.897. The number of hydrogen-bond donors (Lipinski definition) is 1. The van der Waals surface area contributed by atoms with Gasteiger partial charge in [-0.3, -0.25) is 14.7 Å². The molecule has 1 unspecified atom stereocenters. The van der Waals surface area contributed by atoms with Crippen LogP contribution in [0.25, 0.3) is 32.9 Å². The zero-order valence-corrected chi connectivity index (χ0v) is 25.0. The molecule has 44 heavy (non-hydrogen) atoms. The summed E-state index contributed by atoms with van der Waals surface area (Å²) in [5, 5.41) is 5.84. The molecule has 3 saturated heterocycles. The molecule has 1 N–H and O–H groups in total. The smallest absolute Gasteiger partial charge is 0.319 e. The third-order valence-electron chi connectivity index (χ3n) is 9.33. The number of hydrogen-bond acceptors (Lipinski definition) is 7. The van der Waals surface area contributed by atoms with E-state index in [0.717, 1.165) is 31.2 Å². The summed E-state index contributed by atoms with van der Waals surface area (Å²) in [4.78, 5) is 29.7. The number of halogens is 3. The maximum Gasteiger partial charge on any atom is 0.319 e. The third kappa shape index (κ3) is 5.13. The van der Waals surface area contributed by atoms with Crippen LogP contribution in [0.15, 0.2) is 55.3 Å². The van der Waals surface area contributed by atoms with Crippen molar-refractivity contribution in [1.82, 2.24) is 24.8 Å². The monoisotopic (exact) mass is 618 g/mol. The van der Waals surface area contributed by atoms with E-state index >= 15 is 4.39 Å². The molecule has 0 radical (unpaired) electrons. The molecule has 0 saturated carbocycles. The highest BCUT2D eigenvalue weighted by Gasteiger charge is 2.49. The molecule has 8 nitrogen and oxygen atoms in total. The average Bonchev–Trinajstić information content (AvgIpc) is 3.73. The van der Waals surface area contributed by atoms with Crippen molar-refractivity contribution in [3.63, 3.8) is 0 Å². The van der Waals surface area contributed by atoms with Crippen molar-refractivity contribution in [1.29, 1.82) is 0 Å². The van der Waals surface area contributed by atoms with Gasteiger partial charge in [0.05, 0.1) is 10.9 Å². The summed E-state index contributed by atoms with van der Waals surface area (Å²) >= 11 is 6.57. The van der Waals surface area contributed by atoms with Crippen LogP contribution in [0.1, 0.15) is 25.7 Å². The quantitative estimate of drug-likeness (QED) is 0.241. The maximum atomic E-state index is 16.5. The number of benzene rings is 2. The number of alkyl halides is 1. The Labute approximate surface area is 259 Å². The summed E-state index contributed by atoms with van der Waals surface area (Å²) in [5.74, 6) is -0.137. The van der Waals surface area contributed by atoms with Gasteiger partial charge in [0.1, 0.15) is 29.8 Å². The molecule has 228 valence electrons. The Bertz CT molecular complexity index is 1770. The van der Waals surface area contributed by atoms with Crippen LogP contribution in [0, 0.1) is 11.7 Å². The Kier molecular flexibility index (Phi) is 7.58. The molecule has 0 aliphatic carbocycles. The Morgan fingerprint density at radius 3 is 2.89 bits per heavy atom. The van der Waals surface area contributed by atoms with Crippen LogP contribution in [-0.2, 0) is 4.79 Å². The number of carbonyl (C=O) groups excluding carboxylic acids is 1. The van der Waals surface area contributed by atoms with Gasteiger partial charge in [-0.2, -0.15) is 9.97 Å². The van der Waals surface area contributed by atoms with Crippen molar-refractivity contribution in [3.8, 4) is 17.3 Å². The number of nitrogens with one attached hydrogen (secondary N) is 1. The van der Waals surface area contributed by atoms with Gasteiger partial charge in [0, 0.05) is 54.8 Å². The van der Waals surface area contributed by atoms with Gasteiger partial charge in [-0.25, -0.2) is 8.78 Å². The van der Waals surface area contributed by atoms with Gasteiger partial charge in [-0.15, -0.1) is 0 Å². The van der Waals surface area contributed by atoms with Gasteiger partial charge in [0.2, 0.25) is 5.91 Å². The first-order valence-corrected chi connectivity index (χ1v) is 15.4. The second-order valence-corrected chi connectivity index (χ2v) is 12.5. The van der Waals surface area contributed by atoms with Crippen molar-refractivity contribution >= 4 is 45.0 Å². The predicted octanol–water partition coefficient (Wildman–Crippen LogP) is 6.04. The van der Waals surface area contributed by atoms with Crippen molar-refractivity contribution < 1.29 is 18.3 Å². The number of aromatic nitrogens is 3. The van der Waals surface area contributed by atoms with Gasteiger partial charge >= 0.3 is 6.01 Å². The molecule has 3 aliphatic rings. The standard InChI is InChI=1S/C33H33ClF2N6O2/c1-2-26(43)41-13-10-20(17-41)15-38-31-24-16-37-29(23-8-3-6-21-7-4-9-25(34)27(21)23)28(36)30(24)39-32(40-31)44-19-33-11-5-12-42(33)18-22(35)14-33/h2-4,6-9,16,20,22H,1,5,10-15,17-19H2,(H,38,39,40)/t20?,22-,33+/m1/s1. The summed E-state index contributed by atoms with van der Waals surface area (Å²) in [6, 6.07) is 11.1. The number of rotatable bonds is 8. The van der Waals surface area contributed by atoms with E-state index in [9.17, 15) is 9.18 Å². The highest BCUT2D eigenvalue weighted by molar-refractivity contribution is 6.36. The number of anilines is 1. The highest BCUT2D eigenvalue weighted by atomic mass is 35.5. The summed E-state index contributed by atoms with van der Waals surface area (Å²) in [5.41, 5.74) is 0.342. The molecule has 1 amide bonds. The molecule has 3 atom stereocenters. The molecule has 3 aliphatic heterocycles. The molecule has 5 heterocycles. The number of fused-ring (bicyclic) bond motifs is 3. The summed E-state index contributed by atoms with van der Waals surface area (Å²) in [7, 11) is 0. The number of likely N-dealkylation sites (tertiary alicyclic amines) is 1. The van der Waals surface area contributed by atoms with Crippen LogP contribution in [0.3, 0.4) is 0 Å². The van der Waals surface area contributed by atoms with Crippen LogP contribution in [0.5, 0.6) is 6.01 Å². The predicted molar refractivity (Wildman–Crippen MR) is 167 cm³/mol. The van der Waals surface area contributed by atoms with Crippen molar-refractivity contribution in [2.45, 2.75) is 37.4 Å². The van der Waals surface area contributed by atoms with Gasteiger partial charge in [-0.05, 0) is 49.3 Å². The molecule has 0 bridgehead atoms. The first-order valence-electron chi connectivity index (χ1n) is 15.1. The van der Waals surface area contributed by atoms with Crippen LogP contribution in [0.4, 0.5) is 14.6 Å². The topological polar surface area (TPSA) is 83.5 Å². The van der Waals surface area contributed by atoms with Gasteiger partial charge in [0.15, 0.2) is 5.82 Å². The lowest BCUT2D eigenvalue weighted by Gasteiger charge is -2.30. The summed E-state index contributed by atoms with van der Waals surface area (Å²) in [6.45, 7) is 6.79. The molecule has 0 spiro atoms. The number of nitrogens with zero attached hydrogens (tertiary/aromatic N) is 5. The molecule has 2 aromatic heterocycles.